The number of hydrogen-bond donors (Lipinski definition) is 3. The largest absolute Gasteiger partial charge is 0.493 e. The molecule has 2 unspecified atom stereocenters. The SMILES string of the molecule is O=C(CCOc1cccc(Br)c1)NCC1CNCC1O. The summed E-state index contributed by atoms with van der Waals surface area (Å²) in [4.78, 5) is 11.7. The van der Waals surface area contributed by atoms with Crippen molar-refractivity contribution < 1.29 is 14.6 Å². The van der Waals surface area contributed by atoms with Gasteiger partial charge in [0.05, 0.1) is 19.1 Å². The van der Waals surface area contributed by atoms with Gasteiger partial charge in [0.15, 0.2) is 0 Å². The number of rotatable bonds is 6. The van der Waals surface area contributed by atoms with Crippen molar-refractivity contribution in [1.82, 2.24) is 10.6 Å². The molecule has 3 N–H and O–H groups in total. The van der Waals surface area contributed by atoms with Crippen molar-refractivity contribution in [1.29, 1.82) is 0 Å². The zero-order chi connectivity index (χ0) is 14.4. The molecule has 0 aliphatic carbocycles. The van der Waals surface area contributed by atoms with Crippen LogP contribution >= 0.6 is 15.9 Å². The minimum atomic E-state index is -0.367. The Hall–Kier alpha value is -1.11. The van der Waals surface area contributed by atoms with Crippen LogP contribution in [0.1, 0.15) is 6.42 Å². The number of hydrogen-bond acceptors (Lipinski definition) is 4. The minimum absolute atomic E-state index is 0.0564. The van der Waals surface area contributed by atoms with Crippen LogP contribution in [0.2, 0.25) is 0 Å². The van der Waals surface area contributed by atoms with Crippen molar-refractivity contribution in [3.8, 4) is 5.75 Å². The van der Waals surface area contributed by atoms with E-state index in [1.807, 2.05) is 24.3 Å². The number of aliphatic hydroxyl groups is 1. The molecule has 1 amide bonds. The van der Waals surface area contributed by atoms with Gasteiger partial charge < -0.3 is 20.5 Å². The van der Waals surface area contributed by atoms with Gasteiger partial charge in [0.2, 0.25) is 5.91 Å². The number of nitrogens with one attached hydrogen (secondary N) is 2. The van der Waals surface area contributed by atoms with Gasteiger partial charge >= 0.3 is 0 Å². The van der Waals surface area contributed by atoms with Crippen molar-refractivity contribution >= 4 is 21.8 Å². The Morgan fingerprint density at radius 3 is 3.05 bits per heavy atom. The standard InChI is InChI=1S/C14H19BrN2O3/c15-11-2-1-3-12(6-11)20-5-4-14(19)17-8-10-7-16-9-13(10)18/h1-3,6,10,13,16,18H,4-5,7-9H2,(H,17,19). The fourth-order valence-corrected chi connectivity index (χ4v) is 2.46. The molecular formula is C14H19BrN2O3. The Morgan fingerprint density at radius 2 is 2.35 bits per heavy atom. The fraction of sp³-hybridized carbons (Fsp3) is 0.500. The first-order valence-corrected chi connectivity index (χ1v) is 7.48. The van der Waals surface area contributed by atoms with E-state index in [0.29, 0.717) is 26.1 Å². The molecular weight excluding hydrogens is 324 g/mol. The van der Waals surface area contributed by atoms with Crippen molar-refractivity contribution in [2.45, 2.75) is 12.5 Å². The molecule has 0 bridgehead atoms. The number of carbonyl (C=O) groups is 1. The van der Waals surface area contributed by atoms with Crippen molar-refractivity contribution in [2.75, 3.05) is 26.2 Å². The van der Waals surface area contributed by atoms with Gasteiger partial charge in [-0.1, -0.05) is 22.0 Å². The zero-order valence-electron chi connectivity index (χ0n) is 11.1. The first-order valence-electron chi connectivity index (χ1n) is 6.69. The molecule has 0 saturated carbocycles. The molecule has 5 nitrogen and oxygen atoms in total. The second kappa shape index (κ2) is 7.61. The third-order valence-corrected chi connectivity index (χ3v) is 3.75. The second-order valence-corrected chi connectivity index (χ2v) is 5.76. The summed E-state index contributed by atoms with van der Waals surface area (Å²) < 4.78 is 6.44. The van der Waals surface area contributed by atoms with E-state index in [1.54, 1.807) is 0 Å². The number of amides is 1. The maximum atomic E-state index is 11.7. The summed E-state index contributed by atoms with van der Waals surface area (Å²) in [6.45, 7) is 2.19. The lowest BCUT2D eigenvalue weighted by molar-refractivity contribution is -0.121. The highest BCUT2D eigenvalue weighted by atomic mass is 79.9. The average Bonchev–Trinajstić information content (AvgIpc) is 2.82. The van der Waals surface area contributed by atoms with Gasteiger partial charge in [-0.05, 0) is 18.2 Å². The van der Waals surface area contributed by atoms with Crippen LogP contribution in [0.4, 0.5) is 0 Å². The highest BCUT2D eigenvalue weighted by Gasteiger charge is 2.24. The zero-order valence-corrected chi connectivity index (χ0v) is 12.7. The third kappa shape index (κ3) is 4.77. The number of ether oxygens (including phenoxy) is 1. The van der Waals surface area contributed by atoms with Gasteiger partial charge in [0.1, 0.15) is 5.75 Å². The Labute approximate surface area is 126 Å². The number of carbonyl (C=O) groups excluding carboxylic acids is 1. The lowest BCUT2D eigenvalue weighted by Crippen LogP contribution is -2.34. The van der Waals surface area contributed by atoms with Crippen LogP contribution in [-0.4, -0.2) is 43.4 Å². The maximum Gasteiger partial charge on any atom is 0.223 e. The highest BCUT2D eigenvalue weighted by molar-refractivity contribution is 9.10. The molecule has 1 aromatic rings. The quantitative estimate of drug-likeness (QED) is 0.718. The van der Waals surface area contributed by atoms with Crippen molar-refractivity contribution in [2.24, 2.45) is 5.92 Å². The maximum absolute atomic E-state index is 11.7. The summed E-state index contributed by atoms with van der Waals surface area (Å²) in [6, 6.07) is 7.51. The smallest absolute Gasteiger partial charge is 0.223 e. The van der Waals surface area contributed by atoms with E-state index >= 15 is 0 Å². The molecule has 1 saturated heterocycles. The monoisotopic (exact) mass is 342 g/mol. The first kappa shape index (κ1) is 15.3. The molecule has 0 radical (unpaired) electrons. The Kier molecular flexibility index (Phi) is 5.82. The molecule has 6 heteroatoms. The Morgan fingerprint density at radius 1 is 1.50 bits per heavy atom. The molecule has 2 rings (SSSR count). The summed E-state index contributed by atoms with van der Waals surface area (Å²) in [7, 11) is 0. The van der Waals surface area contributed by atoms with E-state index in [-0.39, 0.29) is 17.9 Å². The third-order valence-electron chi connectivity index (χ3n) is 3.26. The number of halogens is 1. The summed E-state index contributed by atoms with van der Waals surface area (Å²) in [5.41, 5.74) is 0. The number of aliphatic hydroxyl groups excluding tert-OH is 1. The molecule has 20 heavy (non-hydrogen) atoms. The van der Waals surface area contributed by atoms with Crippen LogP contribution in [0.5, 0.6) is 5.75 Å². The van der Waals surface area contributed by atoms with Crippen LogP contribution in [0, 0.1) is 5.92 Å². The highest BCUT2D eigenvalue weighted by Crippen LogP contribution is 2.17. The van der Waals surface area contributed by atoms with Crippen molar-refractivity contribution in [3.05, 3.63) is 28.7 Å². The molecule has 110 valence electrons. The molecule has 1 aliphatic rings. The Balaban J connectivity index is 1.63. The van der Waals surface area contributed by atoms with Gasteiger partial charge in [-0.15, -0.1) is 0 Å². The molecule has 1 fully saturated rings. The van der Waals surface area contributed by atoms with Crippen LogP contribution in [-0.2, 0) is 4.79 Å². The summed E-state index contributed by atoms with van der Waals surface area (Å²) in [5, 5.41) is 15.5. The van der Waals surface area contributed by atoms with Gasteiger partial charge in [0.25, 0.3) is 0 Å². The number of benzene rings is 1. The first-order chi connectivity index (χ1) is 9.65. The van der Waals surface area contributed by atoms with Gasteiger partial charge in [-0.3, -0.25) is 4.79 Å². The second-order valence-electron chi connectivity index (χ2n) is 4.85. The minimum Gasteiger partial charge on any atom is -0.493 e. The van der Waals surface area contributed by atoms with Crippen molar-refractivity contribution in [3.63, 3.8) is 0 Å². The molecule has 1 heterocycles. The summed E-state index contributed by atoms with van der Waals surface area (Å²) in [6.07, 6.45) is -0.0591. The average molecular weight is 343 g/mol. The normalized spacial score (nSPS) is 21.7. The molecule has 2 atom stereocenters. The lowest BCUT2D eigenvalue weighted by Gasteiger charge is -2.14. The molecule has 0 spiro atoms. The van der Waals surface area contributed by atoms with Crippen LogP contribution < -0.4 is 15.4 Å². The summed E-state index contributed by atoms with van der Waals surface area (Å²) >= 11 is 3.36. The van der Waals surface area contributed by atoms with E-state index < -0.39 is 0 Å². The van der Waals surface area contributed by atoms with Gasteiger partial charge in [-0.2, -0.15) is 0 Å². The fourth-order valence-electron chi connectivity index (χ4n) is 2.08. The van der Waals surface area contributed by atoms with Crippen LogP contribution in [0.3, 0.4) is 0 Å². The molecule has 0 aromatic heterocycles. The van der Waals surface area contributed by atoms with E-state index in [1.165, 1.54) is 0 Å². The number of β-amino-alcohol motifs (C(OH)–C–C–N with tert-alkyl or cyclic N) is 1. The molecule has 1 aromatic carbocycles. The summed E-state index contributed by atoms with van der Waals surface area (Å²) in [5.74, 6) is 0.784. The molecule has 1 aliphatic heterocycles. The predicted molar refractivity (Wildman–Crippen MR) is 79.6 cm³/mol. The van der Waals surface area contributed by atoms with Crippen LogP contribution in [0.25, 0.3) is 0 Å². The van der Waals surface area contributed by atoms with E-state index in [0.717, 1.165) is 16.8 Å². The lowest BCUT2D eigenvalue weighted by atomic mass is 10.1. The predicted octanol–water partition coefficient (Wildman–Crippen LogP) is 0.914. The Bertz CT molecular complexity index is 456. The van der Waals surface area contributed by atoms with Crippen LogP contribution in [0.15, 0.2) is 28.7 Å². The van der Waals surface area contributed by atoms with E-state index in [4.69, 9.17) is 4.74 Å². The van der Waals surface area contributed by atoms with E-state index in [9.17, 15) is 9.90 Å². The topological polar surface area (TPSA) is 70.6 Å². The van der Waals surface area contributed by atoms with Gasteiger partial charge in [0, 0.05) is 30.0 Å². The van der Waals surface area contributed by atoms with E-state index in [2.05, 4.69) is 26.6 Å². The van der Waals surface area contributed by atoms with Gasteiger partial charge in [-0.25, -0.2) is 0 Å².